The molecule has 2 atom stereocenters. The minimum atomic E-state index is -1.18. The molecule has 0 fully saturated rings. The summed E-state index contributed by atoms with van der Waals surface area (Å²) in [6, 6.07) is 3.94. The van der Waals surface area contributed by atoms with Gasteiger partial charge in [-0.05, 0) is 24.1 Å². The van der Waals surface area contributed by atoms with E-state index in [1.54, 1.807) is 0 Å². The summed E-state index contributed by atoms with van der Waals surface area (Å²) in [6.07, 6.45) is 0.932. The maximum atomic E-state index is 12.9. The Bertz CT molecular complexity index is 480. The summed E-state index contributed by atoms with van der Waals surface area (Å²) in [5.41, 5.74) is 5.77. The number of hydrogen-bond acceptors (Lipinski definition) is 3. The van der Waals surface area contributed by atoms with E-state index in [0.29, 0.717) is 17.4 Å². The summed E-state index contributed by atoms with van der Waals surface area (Å²) >= 11 is 0. The highest BCUT2D eigenvalue weighted by molar-refractivity contribution is 7.85. The van der Waals surface area contributed by atoms with Crippen molar-refractivity contribution in [3.05, 3.63) is 24.0 Å². The zero-order chi connectivity index (χ0) is 14.4. The highest BCUT2D eigenvalue weighted by atomic mass is 32.2. The molecule has 0 aromatic heterocycles. The quantitative estimate of drug-likeness (QED) is 0.787. The average molecular weight is 286 g/mol. The number of nitrogens with one attached hydrogen (secondary N) is 1. The van der Waals surface area contributed by atoms with Crippen LogP contribution in [0.5, 0.6) is 0 Å². The molecular weight excluding hydrogens is 267 g/mol. The Morgan fingerprint density at radius 2 is 2.21 bits per heavy atom. The third kappa shape index (κ3) is 5.38. The minimum Gasteiger partial charge on any atom is -0.396 e. The Hall–Kier alpha value is -1.43. The molecule has 0 aliphatic carbocycles. The Morgan fingerprint density at radius 3 is 2.79 bits per heavy atom. The fourth-order valence-electron chi connectivity index (χ4n) is 1.46. The van der Waals surface area contributed by atoms with Gasteiger partial charge in [0.2, 0.25) is 5.91 Å². The lowest BCUT2D eigenvalue weighted by Gasteiger charge is -2.09. The zero-order valence-electron chi connectivity index (χ0n) is 11.1. The van der Waals surface area contributed by atoms with Gasteiger partial charge >= 0.3 is 0 Å². The van der Waals surface area contributed by atoms with Crippen LogP contribution >= 0.6 is 0 Å². The number of hydrogen-bond donors (Lipinski definition) is 2. The summed E-state index contributed by atoms with van der Waals surface area (Å²) in [7, 11) is -1.18. The van der Waals surface area contributed by atoms with Crippen LogP contribution in [0, 0.1) is 11.7 Å². The van der Waals surface area contributed by atoms with Crippen molar-refractivity contribution in [2.24, 2.45) is 5.92 Å². The van der Waals surface area contributed by atoms with Gasteiger partial charge in [0.15, 0.2) is 0 Å². The molecule has 0 spiro atoms. The van der Waals surface area contributed by atoms with Gasteiger partial charge in [0.25, 0.3) is 0 Å². The van der Waals surface area contributed by atoms with Gasteiger partial charge in [-0.3, -0.25) is 9.00 Å². The van der Waals surface area contributed by atoms with Gasteiger partial charge in [0, 0.05) is 22.2 Å². The van der Waals surface area contributed by atoms with Gasteiger partial charge in [0.1, 0.15) is 11.6 Å². The molecule has 0 aliphatic heterocycles. The first-order valence-electron chi connectivity index (χ1n) is 6.12. The van der Waals surface area contributed by atoms with E-state index in [2.05, 4.69) is 5.32 Å². The third-order valence-electron chi connectivity index (χ3n) is 2.74. The van der Waals surface area contributed by atoms with E-state index in [1.165, 1.54) is 18.2 Å². The van der Waals surface area contributed by atoms with Gasteiger partial charge < -0.3 is 11.1 Å². The monoisotopic (exact) mass is 286 g/mol. The molecule has 0 radical (unpaired) electrons. The summed E-state index contributed by atoms with van der Waals surface area (Å²) < 4.78 is 24.6. The maximum absolute atomic E-state index is 12.9. The molecule has 3 N–H and O–H groups in total. The number of halogens is 1. The first-order chi connectivity index (χ1) is 8.92. The molecule has 0 heterocycles. The fourth-order valence-corrected chi connectivity index (χ4v) is 2.81. The molecule has 0 saturated heterocycles. The van der Waals surface area contributed by atoms with E-state index in [1.807, 2.05) is 13.8 Å². The van der Waals surface area contributed by atoms with Crippen molar-refractivity contribution in [1.82, 2.24) is 0 Å². The topological polar surface area (TPSA) is 72.2 Å². The van der Waals surface area contributed by atoms with Crippen LogP contribution in [-0.4, -0.2) is 21.6 Å². The van der Waals surface area contributed by atoms with Crippen molar-refractivity contribution in [3.63, 3.8) is 0 Å². The second-order valence-corrected chi connectivity index (χ2v) is 6.05. The van der Waals surface area contributed by atoms with Crippen LogP contribution in [0.1, 0.15) is 20.3 Å². The number of carbonyl (C=O) groups excluding carboxylic acids is 1. The van der Waals surface area contributed by atoms with Crippen molar-refractivity contribution in [2.45, 2.75) is 20.3 Å². The highest BCUT2D eigenvalue weighted by Gasteiger charge is 2.11. The van der Waals surface area contributed by atoms with E-state index in [0.717, 1.165) is 6.42 Å². The van der Waals surface area contributed by atoms with Crippen LogP contribution in [0.2, 0.25) is 0 Å². The van der Waals surface area contributed by atoms with Crippen LogP contribution in [-0.2, 0) is 15.6 Å². The molecule has 1 amide bonds. The van der Waals surface area contributed by atoms with Crippen LogP contribution < -0.4 is 11.1 Å². The SMILES string of the molecule is CCC(C)CS(=O)CC(=O)Nc1ccc(F)c(N)c1. The lowest BCUT2D eigenvalue weighted by molar-refractivity contribution is -0.113. The van der Waals surface area contributed by atoms with E-state index in [4.69, 9.17) is 5.73 Å². The molecule has 0 aliphatic rings. The van der Waals surface area contributed by atoms with Gasteiger partial charge in [0.05, 0.1) is 5.69 Å². The fraction of sp³-hybridized carbons (Fsp3) is 0.462. The number of amides is 1. The standard InChI is InChI=1S/C13H19FN2O2S/c1-3-9(2)7-19(18)8-13(17)16-10-4-5-11(14)12(15)6-10/h4-6,9H,3,7-8,15H2,1-2H3,(H,16,17). The zero-order valence-corrected chi connectivity index (χ0v) is 11.9. The van der Waals surface area contributed by atoms with Gasteiger partial charge in [-0.1, -0.05) is 20.3 Å². The number of nitrogens with two attached hydrogens (primary N) is 1. The predicted octanol–water partition coefficient (Wildman–Crippen LogP) is 2.14. The summed E-state index contributed by atoms with van der Waals surface area (Å²) in [6.45, 7) is 4.01. The van der Waals surface area contributed by atoms with Crippen LogP contribution in [0.3, 0.4) is 0 Å². The first kappa shape index (κ1) is 15.6. The molecule has 0 saturated carbocycles. The molecule has 6 heteroatoms. The summed E-state index contributed by atoms with van der Waals surface area (Å²) in [5, 5.41) is 2.55. The number of anilines is 2. The van der Waals surface area contributed by atoms with E-state index < -0.39 is 16.6 Å². The molecule has 1 rings (SSSR count). The van der Waals surface area contributed by atoms with Gasteiger partial charge in [-0.2, -0.15) is 0 Å². The maximum Gasteiger partial charge on any atom is 0.236 e. The molecule has 0 bridgehead atoms. The number of benzene rings is 1. The van der Waals surface area contributed by atoms with E-state index >= 15 is 0 Å². The second kappa shape index (κ2) is 7.23. The molecule has 1 aromatic rings. The van der Waals surface area contributed by atoms with Crippen LogP contribution in [0.15, 0.2) is 18.2 Å². The molecule has 19 heavy (non-hydrogen) atoms. The molecule has 4 nitrogen and oxygen atoms in total. The van der Waals surface area contributed by atoms with Crippen molar-refractivity contribution < 1.29 is 13.4 Å². The van der Waals surface area contributed by atoms with Crippen molar-refractivity contribution in [3.8, 4) is 0 Å². The van der Waals surface area contributed by atoms with Gasteiger partial charge in [-0.15, -0.1) is 0 Å². The summed E-state index contributed by atoms with van der Waals surface area (Å²) in [5.74, 6) is -0.0991. The van der Waals surface area contributed by atoms with Crippen LogP contribution in [0.4, 0.5) is 15.8 Å². The van der Waals surface area contributed by atoms with Gasteiger partial charge in [-0.25, -0.2) is 4.39 Å². The Balaban J connectivity index is 2.51. The molecule has 106 valence electrons. The lowest BCUT2D eigenvalue weighted by Crippen LogP contribution is -2.22. The van der Waals surface area contributed by atoms with Crippen molar-refractivity contribution in [2.75, 3.05) is 22.6 Å². The van der Waals surface area contributed by atoms with Crippen molar-refractivity contribution >= 4 is 28.1 Å². The number of carbonyl (C=O) groups is 1. The lowest BCUT2D eigenvalue weighted by atomic mass is 10.2. The predicted molar refractivity (Wildman–Crippen MR) is 76.8 cm³/mol. The Labute approximate surface area is 115 Å². The number of rotatable bonds is 6. The highest BCUT2D eigenvalue weighted by Crippen LogP contribution is 2.16. The smallest absolute Gasteiger partial charge is 0.236 e. The minimum absolute atomic E-state index is 0.0291. The normalized spacial score (nSPS) is 13.8. The third-order valence-corrected chi connectivity index (χ3v) is 4.26. The largest absolute Gasteiger partial charge is 0.396 e. The Morgan fingerprint density at radius 1 is 1.53 bits per heavy atom. The second-order valence-electron chi connectivity index (χ2n) is 4.55. The number of nitrogen functional groups attached to an aromatic ring is 1. The van der Waals surface area contributed by atoms with Crippen LogP contribution in [0.25, 0.3) is 0 Å². The molecule has 1 aromatic carbocycles. The summed E-state index contributed by atoms with van der Waals surface area (Å²) in [4.78, 5) is 11.7. The average Bonchev–Trinajstić information content (AvgIpc) is 2.33. The first-order valence-corrected chi connectivity index (χ1v) is 7.61. The molecular formula is C13H19FN2O2S. The van der Waals surface area contributed by atoms with Crippen molar-refractivity contribution in [1.29, 1.82) is 0 Å². The Kier molecular flexibility index (Phi) is 5.95. The molecule has 2 unspecified atom stereocenters. The van der Waals surface area contributed by atoms with E-state index in [9.17, 15) is 13.4 Å². The van der Waals surface area contributed by atoms with E-state index in [-0.39, 0.29) is 17.3 Å².